The zero-order valence-corrected chi connectivity index (χ0v) is 16.4. The van der Waals surface area contributed by atoms with Gasteiger partial charge in [-0.05, 0) is 29.2 Å². The largest absolute Gasteiger partial charge is 0.471 e. The number of hydrogen-bond donors (Lipinski definition) is 1. The van der Waals surface area contributed by atoms with Crippen LogP contribution in [-0.2, 0) is 9.59 Å². The molecule has 0 saturated carbocycles. The van der Waals surface area contributed by atoms with Crippen LogP contribution in [0.3, 0.4) is 0 Å². The molecule has 2 aromatic rings. The highest BCUT2D eigenvalue weighted by atomic mass is 19.4. The van der Waals surface area contributed by atoms with Crippen LogP contribution in [0.15, 0.2) is 60.6 Å². The molecule has 4 rings (SSSR count). The van der Waals surface area contributed by atoms with E-state index < -0.39 is 29.5 Å². The number of carbonyl (C=O) groups is 2. The van der Waals surface area contributed by atoms with E-state index in [-0.39, 0.29) is 17.9 Å². The molecule has 156 valence electrons. The predicted octanol–water partition coefficient (Wildman–Crippen LogP) is 4.64. The number of rotatable bonds is 1. The van der Waals surface area contributed by atoms with Gasteiger partial charge in [0.25, 0.3) is 0 Å². The zero-order valence-electron chi connectivity index (χ0n) is 16.4. The summed E-state index contributed by atoms with van der Waals surface area (Å²) >= 11 is 0. The standard InChI is InChI=1S/C22H20F3N3O2/c1-21(2)10-15-18(17(29)11-21)19(13-6-5-9-26-12-13)28(20(30)22(23,24)25)16-8-4-3-7-14(16)27-15/h3-10,12,18-19,27H,11H2,1-2H3. The van der Waals surface area contributed by atoms with Gasteiger partial charge in [-0.1, -0.05) is 38.1 Å². The minimum absolute atomic E-state index is 0.0644. The molecule has 2 atom stereocenters. The summed E-state index contributed by atoms with van der Waals surface area (Å²) in [4.78, 5) is 30.6. The first kappa shape index (κ1) is 20.1. The van der Waals surface area contributed by atoms with E-state index in [9.17, 15) is 22.8 Å². The second-order valence-electron chi connectivity index (χ2n) is 8.26. The Labute approximate surface area is 171 Å². The van der Waals surface area contributed by atoms with Gasteiger partial charge in [0.2, 0.25) is 0 Å². The monoisotopic (exact) mass is 415 g/mol. The Morgan fingerprint density at radius 1 is 1.20 bits per heavy atom. The summed E-state index contributed by atoms with van der Waals surface area (Å²) in [7, 11) is 0. The summed E-state index contributed by atoms with van der Waals surface area (Å²) in [6.07, 6.45) is -0.186. The van der Waals surface area contributed by atoms with Gasteiger partial charge in [-0.15, -0.1) is 0 Å². The van der Waals surface area contributed by atoms with E-state index in [2.05, 4.69) is 10.3 Å². The minimum atomic E-state index is -5.11. The Kier molecular flexibility index (Phi) is 4.67. The molecule has 1 aromatic carbocycles. The maximum absolute atomic E-state index is 13.7. The lowest BCUT2D eigenvalue weighted by Crippen LogP contribution is -2.48. The smallest absolute Gasteiger partial charge is 0.357 e. The molecule has 5 nitrogen and oxygen atoms in total. The number of allylic oxidation sites excluding steroid dienone is 1. The van der Waals surface area contributed by atoms with Crippen molar-refractivity contribution in [1.82, 2.24) is 4.98 Å². The molecule has 0 radical (unpaired) electrons. The van der Waals surface area contributed by atoms with Gasteiger partial charge < -0.3 is 5.32 Å². The van der Waals surface area contributed by atoms with E-state index in [1.54, 1.807) is 30.3 Å². The van der Waals surface area contributed by atoms with E-state index in [1.807, 2.05) is 19.9 Å². The summed E-state index contributed by atoms with van der Waals surface area (Å²) in [6, 6.07) is 8.26. The first-order valence-electron chi connectivity index (χ1n) is 9.50. The number of fused-ring (bicyclic) bond motifs is 2. The van der Waals surface area contributed by atoms with Gasteiger partial charge in [-0.3, -0.25) is 19.5 Å². The number of carbonyl (C=O) groups excluding carboxylic acids is 2. The molecule has 1 aromatic heterocycles. The van der Waals surface area contributed by atoms with Gasteiger partial charge in [-0.2, -0.15) is 13.2 Å². The van der Waals surface area contributed by atoms with Gasteiger partial charge >= 0.3 is 12.1 Å². The molecule has 1 aliphatic heterocycles. The van der Waals surface area contributed by atoms with Crippen LogP contribution in [0.2, 0.25) is 0 Å². The number of aromatic nitrogens is 1. The van der Waals surface area contributed by atoms with Gasteiger partial charge in [0.1, 0.15) is 5.78 Å². The molecule has 2 heterocycles. The van der Waals surface area contributed by atoms with Gasteiger partial charge in [-0.25, -0.2) is 0 Å². The van der Waals surface area contributed by atoms with Crippen molar-refractivity contribution in [3.63, 3.8) is 0 Å². The SMILES string of the molecule is CC1(C)C=C2Nc3ccccc3N(C(=O)C(F)(F)F)C(c3cccnc3)C2C(=O)C1. The average Bonchev–Trinajstić information content (AvgIpc) is 2.80. The van der Waals surface area contributed by atoms with E-state index in [1.165, 1.54) is 18.5 Å². The minimum Gasteiger partial charge on any atom is -0.357 e. The van der Waals surface area contributed by atoms with Crippen LogP contribution >= 0.6 is 0 Å². The van der Waals surface area contributed by atoms with Gasteiger partial charge in [0, 0.05) is 24.5 Å². The highest BCUT2D eigenvalue weighted by Gasteiger charge is 2.52. The summed E-state index contributed by atoms with van der Waals surface area (Å²) < 4.78 is 41.0. The Morgan fingerprint density at radius 2 is 1.93 bits per heavy atom. The number of ketones is 1. The molecule has 2 unspecified atom stereocenters. The number of nitrogens with one attached hydrogen (secondary N) is 1. The lowest BCUT2D eigenvalue weighted by Gasteiger charge is -2.39. The second kappa shape index (κ2) is 6.97. The molecule has 0 fully saturated rings. The lowest BCUT2D eigenvalue weighted by molar-refractivity contribution is -0.171. The highest BCUT2D eigenvalue weighted by Crippen LogP contribution is 2.49. The van der Waals surface area contributed by atoms with Crippen LogP contribution in [0, 0.1) is 11.3 Å². The molecular formula is C22H20F3N3O2. The number of para-hydroxylation sites is 2. The molecule has 8 heteroatoms. The fraction of sp³-hybridized carbons (Fsp3) is 0.318. The maximum atomic E-state index is 13.7. The first-order valence-corrected chi connectivity index (χ1v) is 9.50. The first-order chi connectivity index (χ1) is 14.1. The number of halogens is 3. The molecule has 1 amide bonds. The van der Waals surface area contributed by atoms with Gasteiger partial charge in [0.15, 0.2) is 0 Å². The van der Waals surface area contributed by atoms with Crippen molar-refractivity contribution in [3.05, 3.63) is 66.1 Å². The van der Waals surface area contributed by atoms with Gasteiger partial charge in [0.05, 0.1) is 23.3 Å². The van der Waals surface area contributed by atoms with Crippen molar-refractivity contribution in [2.45, 2.75) is 32.5 Å². The highest BCUT2D eigenvalue weighted by molar-refractivity contribution is 6.03. The summed E-state index contributed by atoms with van der Waals surface area (Å²) in [5.41, 5.74) is 0.790. The molecule has 0 saturated heterocycles. The fourth-order valence-electron chi connectivity index (χ4n) is 4.26. The number of Topliss-reactive ketones (excluding diaryl/α,β-unsaturated/α-hetero) is 1. The van der Waals surface area contributed by atoms with Crippen LogP contribution in [0.1, 0.15) is 31.9 Å². The number of anilines is 2. The summed E-state index contributed by atoms with van der Waals surface area (Å²) in [5.74, 6) is -3.22. The Bertz CT molecular complexity index is 1030. The predicted molar refractivity (Wildman–Crippen MR) is 106 cm³/mol. The Morgan fingerprint density at radius 3 is 2.60 bits per heavy atom. The summed E-state index contributed by atoms with van der Waals surface area (Å²) in [5, 5.41) is 3.14. The third kappa shape index (κ3) is 3.46. The lowest BCUT2D eigenvalue weighted by atomic mass is 9.72. The molecule has 1 aliphatic carbocycles. The molecule has 0 bridgehead atoms. The fourth-order valence-corrected chi connectivity index (χ4v) is 4.26. The second-order valence-corrected chi connectivity index (χ2v) is 8.26. The normalized spacial score (nSPS) is 22.9. The molecule has 0 spiro atoms. The zero-order chi connectivity index (χ0) is 21.7. The van der Waals surface area contributed by atoms with Crippen molar-refractivity contribution in [2.75, 3.05) is 10.2 Å². The number of hydrogen-bond acceptors (Lipinski definition) is 4. The van der Waals surface area contributed by atoms with Crippen molar-refractivity contribution in [2.24, 2.45) is 11.3 Å². The van der Waals surface area contributed by atoms with Crippen LogP contribution in [0.25, 0.3) is 0 Å². The van der Waals surface area contributed by atoms with E-state index in [0.717, 1.165) is 0 Å². The average molecular weight is 415 g/mol. The Hall–Kier alpha value is -3.16. The van der Waals surface area contributed by atoms with E-state index in [4.69, 9.17) is 0 Å². The van der Waals surface area contributed by atoms with Crippen LogP contribution in [0.5, 0.6) is 0 Å². The summed E-state index contributed by atoms with van der Waals surface area (Å²) in [6.45, 7) is 3.79. The molecule has 1 N–H and O–H groups in total. The van der Waals surface area contributed by atoms with Crippen LogP contribution in [0.4, 0.5) is 24.5 Å². The molecule has 30 heavy (non-hydrogen) atoms. The quantitative estimate of drug-likeness (QED) is 0.737. The van der Waals surface area contributed by atoms with Crippen molar-refractivity contribution < 1.29 is 22.8 Å². The number of amides is 1. The third-order valence-electron chi connectivity index (χ3n) is 5.38. The third-order valence-corrected chi connectivity index (χ3v) is 5.38. The number of pyridine rings is 1. The van der Waals surface area contributed by atoms with Crippen molar-refractivity contribution >= 4 is 23.1 Å². The van der Waals surface area contributed by atoms with Crippen LogP contribution in [-0.4, -0.2) is 22.9 Å². The number of nitrogens with zero attached hydrogens (tertiary/aromatic N) is 2. The Balaban J connectivity index is 2.02. The molecular weight excluding hydrogens is 395 g/mol. The molecule has 2 aliphatic rings. The van der Waals surface area contributed by atoms with Crippen molar-refractivity contribution in [1.29, 1.82) is 0 Å². The van der Waals surface area contributed by atoms with E-state index >= 15 is 0 Å². The number of benzene rings is 1. The van der Waals surface area contributed by atoms with Crippen molar-refractivity contribution in [3.8, 4) is 0 Å². The van der Waals surface area contributed by atoms with E-state index in [0.29, 0.717) is 21.8 Å². The maximum Gasteiger partial charge on any atom is 0.471 e. The number of alkyl halides is 3. The topological polar surface area (TPSA) is 62.3 Å². The van der Waals surface area contributed by atoms with Crippen LogP contribution < -0.4 is 10.2 Å².